The van der Waals surface area contributed by atoms with Gasteiger partial charge < -0.3 is 59.5 Å². The third-order valence-corrected chi connectivity index (χ3v) is 7.90. The molecule has 1 aliphatic heterocycles. The van der Waals surface area contributed by atoms with E-state index in [9.17, 15) is 39.6 Å². The zero-order valence-corrected chi connectivity index (χ0v) is 29.8. The summed E-state index contributed by atoms with van der Waals surface area (Å²) in [5.41, 5.74) is 1.30. The molecule has 1 aromatic carbocycles. The highest BCUT2D eigenvalue weighted by Crippen LogP contribution is 2.28. The van der Waals surface area contributed by atoms with Gasteiger partial charge in [-0.25, -0.2) is 4.79 Å². The molecule has 0 aliphatic carbocycles. The number of carboxylic acid groups (broad SMARTS) is 1. The molecule has 2 amide bonds. The van der Waals surface area contributed by atoms with Gasteiger partial charge in [-0.15, -0.1) is 0 Å². The topological polar surface area (TPSA) is 229 Å². The highest BCUT2D eigenvalue weighted by Gasteiger charge is 2.48. The molecule has 1 fully saturated rings. The van der Waals surface area contributed by atoms with E-state index in [4.69, 9.17) is 28.4 Å². The molecule has 1 saturated heterocycles. The van der Waals surface area contributed by atoms with Gasteiger partial charge in [0.25, 0.3) is 0 Å². The van der Waals surface area contributed by atoms with Gasteiger partial charge in [0.05, 0.1) is 37.5 Å². The molecule has 0 saturated carbocycles. The average molecular weight is 813 g/mol. The Morgan fingerprint density at radius 2 is 1.49 bits per heavy atom. The molecule has 0 radical (unpaired) electrons. The standard InChI is InChI=1S/C32H49IN2O14/c1-21(36)47-20-23-18-22(8-9-24(23)48-32-29(41)27(39)28(40)30(49-32)31(42)43)6-5-12-44-14-16-46-17-15-45-13-11-35-25(37)7-3-2-4-10-34-26(38)19-33/h8-9,18,27-30,32,39-41H,2-7,10-17,19-20H2,1H3,(H,34,38)(H,35,37)(H,42,43)/t27-,28-,29+,30-,32?/m0/s1. The molecule has 0 spiro atoms. The Morgan fingerprint density at radius 3 is 2.16 bits per heavy atom. The summed E-state index contributed by atoms with van der Waals surface area (Å²) >= 11 is 2.01. The van der Waals surface area contributed by atoms with Crippen LogP contribution in [0.4, 0.5) is 0 Å². The van der Waals surface area contributed by atoms with Crippen LogP contribution < -0.4 is 15.4 Å². The third-order valence-electron chi connectivity index (χ3n) is 7.20. The molecule has 1 aromatic rings. The van der Waals surface area contributed by atoms with Gasteiger partial charge in [-0.2, -0.15) is 0 Å². The van der Waals surface area contributed by atoms with E-state index in [2.05, 4.69) is 10.6 Å². The van der Waals surface area contributed by atoms with Crippen LogP contribution in [0.15, 0.2) is 18.2 Å². The van der Waals surface area contributed by atoms with Gasteiger partial charge in [0, 0.05) is 38.6 Å². The number of carboxylic acids is 1. The van der Waals surface area contributed by atoms with Crippen LogP contribution in [0.25, 0.3) is 0 Å². The third kappa shape index (κ3) is 17.2. The number of nitrogens with one attached hydrogen (secondary N) is 2. The monoisotopic (exact) mass is 812 g/mol. The Morgan fingerprint density at radius 1 is 0.816 bits per heavy atom. The van der Waals surface area contributed by atoms with Crippen LogP contribution in [0.2, 0.25) is 0 Å². The first-order valence-corrected chi connectivity index (χ1v) is 17.7. The summed E-state index contributed by atoms with van der Waals surface area (Å²) in [5.74, 6) is -1.92. The maximum Gasteiger partial charge on any atom is 0.335 e. The molecule has 1 heterocycles. The van der Waals surface area contributed by atoms with E-state index < -0.39 is 42.6 Å². The lowest BCUT2D eigenvalue weighted by atomic mass is 9.99. The SMILES string of the molecule is CC(=O)OCc1cc(CCCOCCOCCOCCNC(=O)CCCCCNC(=O)CI)ccc1OC1O[C@H](C(=O)O)[C@@H](O)[C@H](O)[C@H]1O. The minimum Gasteiger partial charge on any atom is -0.479 e. The molecule has 1 unspecified atom stereocenters. The summed E-state index contributed by atoms with van der Waals surface area (Å²) in [4.78, 5) is 45.8. The lowest BCUT2D eigenvalue weighted by Gasteiger charge is -2.38. The number of amides is 2. The normalized spacial score (nSPS) is 20.4. The Kier molecular flexibility index (Phi) is 21.3. The number of hydrogen-bond acceptors (Lipinski definition) is 13. The molecular weight excluding hydrogens is 763 g/mol. The average Bonchev–Trinajstić information content (AvgIpc) is 3.07. The Balaban J connectivity index is 1.58. The van der Waals surface area contributed by atoms with Crippen molar-refractivity contribution in [3.63, 3.8) is 0 Å². The van der Waals surface area contributed by atoms with Crippen molar-refractivity contribution in [3.05, 3.63) is 29.3 Å². The van der Waals surface area contributed by atoms with Gasteiger partial charge in [0.1, 0.15) is 30.7 Å². The van der Waals surface area contributed by atoms with E-state index in [1.54, 1.807) is 18.2 Å². The zero-order valence-electron chi connectivity index (χ0n) is 27.7. The summed E-state index contributed by atoms with van der Waals surface area (Å²) in [6.07, 6.45) is -4.59. The number of esters is 1. The molecule has 17 heteroatoms. The zero-order chi connectivity index (χ0) is 36.0. The minimum atomic E-state index is -1.85. The van der Waals surface area contributed by atoms with Crippen molar-refractivity contribution in [2.75, 3.05) is 57.2 Å². The van der Waals surface area contributed by atoms with Crippen LogP contribution in [-0.2, 0) is 55.9 Å². The van der Waals surface area contributed by atoms with Crippen molar-refractivity contribution in [2.45, 2.75) is 82.8 Å². The fourth-order valence-corrected chi connectivity index (χ4v) is 4.87. The number of benzene rings is 1. The second-order valence-corrected chi connectivity index (χ2v) is 11.9. The molecule has 16 nitrogen and oxygen atoms in total. The van der Waals surface area contributed by atoms with Crippen LogP contribution in [0.1, 0.15) is 50.2 Å². The van der Waals surface area contributed by atoms with E-state index >= 15 is 0 Å². The number of halogens is 1. The van der Waals surface area contributed by atoms with Gasteiger partial charge in [-0.3, -0.25) is 14.4 Å². The van der Waals surface area contributed by atoms with E-state index in [-0.39, 0.29) is 24.2 Å². The van der Waals surface area contributed by atoms with E-state index in [1.807, 2.05) is 22.6 Å². The highest BCUT2D eigenvalue weighted by molar-refractivity contribution is 14.1. The van der Waals surface area contributed by atoms with Gasteiger partial charge in [0.15, 0.2) is 6.10 Å². The van der Waals surface area contributed by atoms with E-state index in [1.165, 1.54) is 6.92 Å². The van der Waals surface area contributed by atoms with Crippen LogP contribution >= 0.6 is 22.6 Å². The highest BCUT2D eigenvalue weighted by atomic mass is 127. The molecule has 278 valence electrons. The number of unbranched alkanes of at least 4 members (excludes halogenated alkanes) is 2. The maximum absolute atomic E-state index is 11.9. The second kappa shape index (κ2) is 24.5. The van der Waals surface area contributed by atoms with E-state index in [0.717, 1.165) is 24.8 Å². The first-order valence-electron chi connectivity index (χ1n) is 16.2. The summed E-state index contributed by atoms with van der Waals surface area (Å²) in [5, 5.41) is 45.2. The first kappa shape index (κ1) is 42.5. The molecule has 5 atom stereocenters. The minimum absolute atomic E-state index is 0.0201. The number of rotatable bonds is 25. The number of carbonyl (C=O) groups is 4. The van der Waals surface area contributed by atoms with Crippen molar-refractivity contribution >= 4 is 46.3 Å². The molecule has 0 bridgehead atoms. The molecular formula is C32H49IN2O14. The quantitative estimate of drug-likeness (QED) is 0.0337. The number of aliphatic hydroxyl groups is 3. The number of alkyl halides is 1. The predicted octanol–water partition coefficient (Wildman–Crippen LogP) is 0.231. The number of aryl methyl sites for hydroxylation is 1. The number of ether oxygens (including phenoxy) is 6. The summed E-state index contributed by atoms with van der Waals surface area (Å²) < 4.78 is 33.0. The number of hydrogen-bond donors (Lipinski definition) is 6. The summed E-state index contributed by atoms with van der Waals surface area (Å²) in [6.45, 7) is 4.57. The van der Waals surface area contributed by atoms with Gasteiger partial charge >= 0.3 is 11.9 Å². The van der Waals surface area contributed by atoms with Crippen molar-refractivity contribution in [2.24, 2.45) is 0 Å². The van der Waals surface area contributed by atoms with Crippen molar-refractivity contribution in [3.8, 4) is 5.75 Å². The van der Waals surface area contributed by atoms with Crippen molar-refractivity contribution in [1.82, 2.24) is 10.6 Å². The largest absolute Gasteiger partial charge is 0.479 e. The lowest BCUT2D eigenvalue weighted by Crippen LogP contribution is -2.61. The van der Waals surface area contributed by atoms with Gasteiger partial charge in [0.2, 0.25) is 18.1 Å². The van der Waals surface area contributed by atoms with Crippen molar-refractivity contribution < 1.29 is 68.0 Å². The molecule has 6 N–H and O–H groups in total. The Bertz CT molecular complexity index is 1160. The summed E-state index contributed by atoms with van der Waals surface area (Å²) in [7, 11) is 0. The first-order chi connectivity index (χ1) is 23.5. The fourth-order valence-electron chi connectivity index (χ4n) is 4.60. The Labute approximate surface area is 299 Å². The van der Waals surface area contributed by atoms with Crippen molar-refractivity contribution in [1.29, 1.82) is 0 Å². The number of carbonyl (C=O) groups excluding carboxylic acids is 3. The smallest absolute Gasteiger partial charge is 0.335 e. The molecule has 49 heavy (non-hydrogen) atoms. The maximum atomic E-state index is 11.9. The van der Waals surface area contributed by atoms with Gasteiger partial charge in [-0.1, -0.05) is 35.1 Å². The molecule has 0 aromatic heterocycles. The Hall–Kier alpha value is -2.65. The second-order valence-electron chi connectivity index (χ2n) is 11.2. The fraction of sp³-hybridized carbons (Fsp3) is 0.688. The predicted molar refractivity (Wildman–Crippen MR) is 181 cm³/mol. The van der Waals surface area contributed by atoms with Crippen LogP contribution in [0.5, 0.6) is 5.75 Å². The van der Waals surface area contributed by atoms with Crippen LogP contribution in [0, 0.1) is 0 Å². The molecule has 1 aliphatic rings. The summed E-state index contributed by atoms with van der Waals surface area (Å²) in [6, 6.07) is 5.04. The number of aliphatic carboxylic acids is 1. The van der Waals surface area contributed by atoms with Crippen LogP contribution in [-0.4, -0.2) is 132 Å². The molecule has 2 rings (SSSR count). The van der Waals surface area contributed by atoms with Gasteiger partial charge in [-0.05, 0) is 43.4 Å². The van der Waals surface area contributed by atoms with Crippen LogP contribution in [0.3, 0.4) is 0 Å². The lowest BCUT2D eigenvalue weighted by molar-refractivity contribution is -0.271. The van der Waals surface area contributed by atoms with E-state index in [0.29, 0.717) is 82.0 Å². The number of aliphatic hydroxyl groups excluding tert-OH is 3.